The van der Waals surface area contributed by atoms with Crippen molar-refractivity contribution in [3.05, 3.63) is 30.4 Å². The Morgan fingerprint density at radius 3 is 2.83 bits per heavy atom. The monoisotopic (exact) mass is 325 g/mol. The third kappa shape index (κ3) is 2.53. The maximum Gasteiger partial charge on any atom is 0.263 e. The molecule has 4 rings (SSSR count). The lowest BCUT2D eigenvalue weighted by atomic mass is 10.0. The van der Waals surface area contributed by atoms with E-state index in [0.29, 0.717) is 11.8 Å². The van der Waals surface area contributed by atoms with Gasteiger partial charge >= 0.3 is 0 Å². The Balaban J connectivity index is 1.51. The zero-order valence-corrected chi connectivity index (χ0v) is 13.8. The van der Waals surface area contributed by atoms with Crippen LogP contribution in [0.4, 0.5) is 11.6 Å². The van der Waals surface area contributed by atoms with Gasteiger partial charge in [-0.25, -0.2) is 4.98 Å². The molecule has 3 aromatic rings. The van der Waals surface area contributed by atoms with Gasteiger partial charge < -0.3 is 14.3 Å². The minimum Gasteiger partial charge on any atom is -0.356 e. The minimum absolute atomic E-state index is 0.443. The average Bonchev–Trinajstić information content (AvgIpc) is 3.03. The first-order chi connectivity index (χ1) is 11.7. The summed E-state index contributed by atoms with van der Waals surface area (Å²) in [6.45, 7) is 3.77. The topological polar surface area (TPSA) is 84.1 Å². The van der Waals surface area contributed by atoms with Crippen molar-refractivity contribution >= 4 is 22.7 Å². The molecule has 0 bridgehead atoms. The van der Waals surface area contributed by atoms with E-state index >= 15 is 0 Å². The summed E-state index contributed by atoms with van der Waals surface area (Å²) < 4.78 is 5.25. The first kappa shape index (κ1) is 14.8. The quantitative estimate of drug-likeness (QED) is 0.721. The summed E-state index contributed by atoms with van der Waals surface area (Å²) >= 11 is 0. The van der Waals surface area contributed by atoms with Crippen molar-refractivity contribution in [1.82, 2.24) is 25.3 Å². The molecule has 0 unspecified atom stereocenters. The van der Waals surface area contributed by atoms with E-state index in [4.69, 9.17) is 4.52 Å². The lowest BCUT2D eigenvalue weighted by molar-refractivity contribution is 0.442. The van der Waals surface area contributed by atoms with Crippen LogP contribution in [-0.2, 0) is 0 Å². The fourth-order valence-electron chi connectivity index (χ4n) is 3.28. The number of hydrogen-bond acceptors (Lipinski definition) is 8. The van der Waals surface area contributed by atoms with E-state index in [0.717, 1.165) is 48.6 Å². The smallest absolute Gasteiger partial charge is 0.263 e. The van der Waals surface area contributed by atoms with Crippen molar-refractivity contribution in [2.75, 3.05) is 29.9 Å². The highest BCUT2D eigenvalue weighted by Gasteiger charge is 2.26. The third-order valence-electron chi connectivity index (χ3n) is 4.65. The average molecular weight is 325 g/mol. The van der Waals surface area contributed by atoms with Crippen LogP contribution in [0, 0.1) is 6.92 Å². The van der Waals surface area contributed by atoms with Gasteiger partial charge in [0, 0.05) is 32.4 Å². The largest absolute Gasteiger partial charge is 0.356 e. The lowest BCUT2D eigenvalue weighted by Gasteiger charge is -2.37. The van der Waals surface area contributed by atoms with Crippen LogP contribution in [0.15, 0.2) is 29.2 Å². The first-order valence-electron chi connectivity index (χ1n) is 8.06. The molecular formula is C16H19N7O. The molecule has 0 aromatic carbocycles. The van der Waals surface area contributed by atoms with Gasteiger partial charge in [-0.15, -0.1) is 5.10 Å². The van der Waals surface area contributed by atoms with Crippen LogP contribution >= 0.6 is 0 Å². The second-order valence-corrected chi connectivity index (χ2v) is 6.06. The molecule has 0 N–H and O–H groups in total. The SMILES string of the molecule is Cc1noc2ncnc(N3CCC(N(C)c4cccnn4)CC3)c12. The van der Waals surface area contributed by atoms with Gasteiger partial charge in [0.25, 0.3) is 5.71 Å². The highest BCUT2D eigenvalue weighted by Crippen LogP contribution is 2.29. The van der Waals surface area contributed by atoms with Crippen LogP contribution in [-0.4, -0.2) is 51.5 Å². The summed E-state index contributed by atoms with van der Waals surface area (Å²) in [6, 6.07) is 4.35. The zero-order valence-electron chi connectivity index (χ0n) is 13.8. The number of fused-ring (bicyclic) bond motifs is 1. The van der Waals surface area contributed by atoms with Gasteiger partial charge in [0.15, 0.2) is 5.82 Å². The molecule has 4 heterocycles. The molecule has 8 nitrogen and oxygen atoms in total. The summed E-state index contributed by atoms with van der Waals surface area (Å²) in [5.41, 5.74) is 1.38. The minimum atomic E-state index is 0.443. The van der Waals surface area contributed by atoms with Crippen LogP contribution < -0.4 is 9.80 Å². The fraction of sp³-hybridized carbons (Fsp3) is 0.438. The Morgan fingerprint density at radius 1 is 1.25 bits per heavy atom. The molecule has 0 aliphatic carbocycles. The Labute approximate surface area is 139 Å². The number of anilines is 2. The second kappa shape index (κ2) is 6.03. The molecule has 1 aliphatic rings. The van der Waals surface area contributed by atoms with Crippen LogP contribution in [0.3, 0.4) is 0 Å². The van der Waals surface area contributed by atoms with Crippen LogP contribution in [0.2, 0.25) is 0 Å². The number of nitrogens with zero attached hydrogens (tertiary/aromatic N) is 7. The van der Waals surface area contributed by atoms with Gasteiger partial charge in [-0.2, -0.15) is 10.1 Å². The molecule has 0 saturated carbocycles. The standard InChI is InChI=1S/C16H19N7O/c1-11-14-15(17-10-18-16(14)24-21-11)23-8-5-12(6-9-23)22(2)13-4-3-7-19-20-13/h3-4,7,10,12H,5-6,8-9H2,1-2H3. The molecule has 0 atom stereocenters. The molecule has 24 heavy (non-hydrogen) atoms. The van der Waals surface area contributed by atoms with E-state index in [1.54, 1.807) is 12.5 Å². The van der Waals surface area contributed by atoms with Crippen molar-refractivity contribution in [2.45, 2.75) is 25.8 Å². The van der Waals surface area contributed by atoms with Crippen molar-refractivity contribution < 1.29 is 4.52 Å². The number of rotatable bonds is 3. The predicted octanol–water partition coefficient (Wildman–Crippen LogP) is 1.82. The normalized spacial score (nSPS) is 15.8. The summed E-state index contributed by atoms with van der Waals surface area (Å²) in [4.78, 5) is 13.1. The summed E-state index contributed by atoms with van der Waals surface area (Å²) in [6.07, 6.45) is 5.30. The molecule has 8 heteroatoms. The summed E-state index contributed by atoms with van der Waals surface area (Å²) in [5.74, 6) is 1.83. The molecule has 3 aromatic heterocycles. The predicted molar refractivity (Wildman–Crippen MR) is 90.0 cm³/mol. The molecule has 0 radical (unpaired) electrons. The Hall–Kier alpha value is -2.77. The van der Waals surface area contributed by atoms with Crippen molar-refractivity contribution in [3.63, 3.8) is 0 Å². The first-order valence-corrected chi connectivity index (χ1v) is 8.06. The van der Waals surface area contributed by atoms with E-state index in [-0.39, 0.29) is 0 Å². The molecular weight excluding hydrogens is 306 g/mol. The Kier molecular flexibility index (Phi) is 3.72. The fourth-order valence-corrected chi connectivity index (χ4v) is 3.28. The zero-order chi connectivity index (χ0) is 16.5. The summed E-state index contributed by atoms with van der Waals surface area (Å²) in [7, 11) is 2.08. The van der Waals surface area contributed by atoms with E-state index in [1.165, 1.54) is 0 Å². The number of aryl methyl sites for hydroxylation is 1. The molecule has 0 amide bonds. The van der Waals surface area contributed by atoms with Gasteiger partial charge in [-0.1, -0.05) is 5.16 Å². The van der Waals surface area contributed by atoms with Crippen LogP contribution in [0.1, 0.15) is 18.5 Å². The van der Waals surface area contributed by atoms with Crippen molar-refractivity contribution in [2.24, 2.45) is 0 Å². The molecule has 124 valence electrons. The number of piperidine rings is 1. The van der Waals surface area contributed by atoms with Gasteiger partial charge in [0.2, 0.25) is 0 Å². The van der Waals surface area contributed by atoms with Gasteiger partial charge in [0.1, 0.15) is 17.5 Å². The number of aromatic nitrogens is 5. The lowest BCUT2D eigenvalue weighted by Crippen LogP contribution is -2.44. The van der Waals surface area contributed by atoms with E-state index in [2.05, 4.69) is 42.2 Å². The highest BCUT2D eigenvalue weighted by atomic mass is 16.5. The van der Waals surface area contributed by atoms with E-state index in [1.807, 2.05) is 19.1 Å². The second-order valence-electron chi connectivity index (χ2n) is 6.06. The molecule has 0 spiro atoms. The van der Waals surface area contributed by atoms with E-state index in [9.17, 15) is 0 Å². The maximum atomic E-state index is 5.25. The van der Waals surface area contributed by atoms with Gasteiger partial charge in [-0.05, 0) is 31.9 Å². The van der Waals surface area contributed by atoms with Gasteiger partial charge in [-0.3, -0.25) is 0 Å². The maximum absolute atomic E-state index is 5.25. The summed E-state index contributed by atoms with van der Waals surface area (Å²) in [5, 5.41) is 13.1. The third-order valence-corrected chi connectivity index (χ3v) is 4.65. The molecule has 1 fully saturated rings. The highest BCUT2D eigenvalue weighted by molar-refractivity contribution is 5.87. The van der Waals surface area contributed by atoms with Crippen molar-refractivity contribution in [3.8, 4) is 0 Å². The Morgan fingerprint density at radius 2 is 2.08 bits per heavy atom. The molecule has 1 aliphatic heterocycles. The molecule has 1 saturated heterocycles. The van der Waals surface area contributed by atoms with E-state index < -0.39 is 0 Å². The number of hydrogen-bond donors (Lipinski definition) is 0. The van der Waals surface area contributed by atoms with Gasteiger partial charge in [0.05, 0.1) is 5.69 Å². The van der Waals surface area contributed by atoms with Crippen LogP contribution in [0.5, 0.6) is 0 Å². The Bertz CT molecular complexity index is 827. The van der Waals surface area contributed by atoms with Crippen LogP contribution in [0.25, 0.3) is 11.1 Å². The van der Waals surface area contributed by atoms with Crippen molar-refractivity contribution in [1.29, 1.82) is 0 Å².